The van der Waals surface area contributed by atoms with Crippen LogP contribution < -0.4 is 15.4 Å². The Morgan fingerprint density at radius 2 is 1.89 bits per heavy atom. The number of nitrogens with zero attached hydrogens (tertiary/aromatic N) is 2. The number of nitrogens with one attached hydrogen (secondary N) is 2. The van der Waals surface area contributed by atoms with Gasteiger partial charge in [-0.05, 0) is 55.9 Å². The number of rotatable bonds is 8. The lowest BCUT2D eigenvalue weighted by Gasteiger charge is -2.26. The van der Waals surface area contributed by atoms with Crippen molar-refractivity contribution < 1.29 is 9.13 Å². The Morgan fingerprint density at radius 3 is 2.48 bits per heavy atom. The van der Waals surface area contributed by atoms with Gasteiger partial charge in [0.2, 0.25) is 0 Å². The molecule has 146 valence electrons. The molecule has 0 aliphatic carbocycles. The van der Waals surface area contributed by atoms with Crippen molar-refractivity contribution in [3.05, 3.63) is 65.5 Å². The summed E-state index contributed by atoms with van der Waals surface area (Å²) in [5, 5.41) is 6.65. The second-order valence-electron chi connectivity index (χ2n) is 6.51. The molecule has 1 atom stereocenters. The van der Waals surface area contributed by atoms with Crippen molar-refractivity contribution >= 4 is 5.96 Å². The van der Waals surface area contributed by atoms with Gasteiger partial charge in [0.05, 0.1) is 13.2 Å². The standard InChI is InChI=1S/C21H29FN4O/c1-23-21(24-13-12-16-8-10-19(27-4)11-9-16)25-15-20(26(2)3)17-6-5-7-18(22)14-17/h5-11,14,20H,12-13,15H2,1-4H3,(H2,23,24,25). The Balaban J connectivity index is 1.86. The maximum atomic E-state index is 13.5. The van der Waals surface area contributed by atoms with Crippen LogP contribution >= 0.6 is 0 Å². The van der Waals surface area contributed by atoms with E-state index in [1.54, 1.807) is 26.3 Å². The van der Waals surface area contributed by atoms with E-state index in [4.69, 9.17) is 4.74 Å². The Kier molecular flexibility index (Phi) is 8.07. The van der Waals surface area contributed by atoms with Gasteiger partial charge in [0, 0.05) is 20.1 Å². The van der Waals surface area contributed by atoms with Crippen LogP contribution in [0.1, 0.15) is 17.2 Å². The van der Waals surface area contributed by atoms with Gasteiger partial charge in [-0.15, -0.1) is 0 Å². The van der Waals surface area contributed by atoms with Crippen LogP contribution in [0.15, 0.2) is 53.5 Å². The van der Waals surface area contributed by atoms with E-state index in [0.717, 1.165) is 30.2 Å². The lowest BCUT2D eigenvalue weighted by atomic mass is 10.1. The second kappa shape index (κ2) is 10.5. The van der Waals surface area contributed by atoms with E-state index in [1.165, 1.54) is 11.6 Å². The number of guanidine groups is 1. The average molecular weight is 372 g/mol. The number of methoxy groups -OCH3 is 1. The molecular formula is C21H29FN4O. The third-order valence-electron chi connectivity index (χ3n) is 4.41. The molecular weight excluding hydrogens is 343 g/mol. The Morgan fingerprint density at radius 1 is 1.15 bits per heavy atom. The zero-order valence-corrected chi connectivity index (χ0v) is 16.5. The molecule has 6 heteroatoms. The predicted molar refractivity (Wildman–Crippen MR) is 109 cm³/mol. The first kappa shape index (κ1) is 20.7. The van der Waals surface area contributed by atoms with Gasteiger partial charge in [-0.2, -0.15) is 0 Å². The fourth-order valence-corrected chi connectivity index (χ4v) is 2.84. The summed E-state index contributed by atoms with van der Waals surface area (Å²) in [6.45, 7) is 1.39. The number of ether oxygens (including phenoxy) is 1. The van der Waals surface area contributed by atoms with Crippen molar-refractivity contribution in [3.8, 4) is 5.75 Å². The minimum Gasteiger partial charge on any atom is -0.497 e. The molecule has 2 N–H and O–H groups in total. The largest absolute Gasteiger partial charge is 0.497 e. The van der Waals surface area contributed by atoms with Crippen LogP contribution in [-0.4, -0.2) is 52.2 Å². The van der Waals surface area contributed by atoms with E-state index in [-0.39, 0.29) is 11.9 Å². The number of aliphatic imine (C=N–C) groups is 1. The molecule has 0 amide bonds. The number of likely N-dealkylation sites (N-methyl/N-ethyl adjacent to an activating group) is 1. The monoisotopic (exact) mass is 372 g/mol. The first-order valence-corrected chi connectivity index (χ1v) is 9.03. The summed E-state index contributed by atoms with van der Waals surface area (Å²) >= 11 is 0. The molecule has 0 heterocycles. The number of hydrogen-bond acceptors (Lipinski definition) is 3. The molecule has 0 spiro atoms. The van der Waals surface area contributed by atoms with E-state index >= 15 is 0 Å². The zero-order chi connectivity index (χ0) is 19.6. The highest BCUT2D eigenvalue weighted by Gasteiger charge is 2.15. The minimum atomic E-state index is -0.221. The fraction of sp³-hybridized carbons (Fsp3) is 0.381. The lowest BCUT2D eigenvalue weighted by molar-refractivity contribution is 0.297. The second-order valence-corrected chi connectivity index (χ2v) is 6.51. The molecule has 0 aromatic heterocycles. The number of hydrogen-bond donors (Lipinski definition) is 2. The Labute approximate surface area is 161 Å². The van der Waals surface area contributed by atoms with Crippen molar-refractivity contribution in [3.63, 3.8) is 0 Å². The molecule has 0 saturated carbocycles. The molecule has 0 fully saturated rings. The van der Waals surface area contributed by atoms with Crippen molar-refractivity contribution in [2.75, 3.05) is 41.3 Å². The SMILES string of the molecule is CN=C(NCCc1ccc(OC)cc1)NCC(c1cccc(F)c1)N(C)C. The summed E-state index contributed by atoms with van der Waals surface area (Å²) in [5.41, 5.74) is 2.16. The normalized spacial score (nSPS) is 12.7. The van der Waals surface area contributed by atoms with Gasteiger partial charge < -0.3 is 20.3 Å². The van der Waals surface area contributed by atoms with Gasteiger partial charge in [-0.3, -0.25) is 4.99 Å². The molecule has 27 heavy (non-hydrogen) atoms. The van der Waals surface area contributed by atoms with Crippen LogP contribution in [0.5, 0.6) is 5.75 Å². The zero-order valence-electron chi connectivity index (χ0n) is 16.5. The summed E-state index contributed by atoms with van der Waals surface area (Å²) in [4.78, 5) is 6.33. The summed E-state index contributed by atoms with van der Waals surface area (Å²) in [6, 6.07) is 14.8. The topological polar surface area (TPSA) is 48.9 Å². The van der Waals surface area contributed by atoms with Crippen LogP contribution in [0, 0.1) is 5.82 Å². The van der Waals surface area contributed by atoms with E-state index in [2.05, 4.69) is 32.7 Å². The van der Waals surface area contributed by atoms with E-state index < -0.39 is 0 Å². The van der Waals surface area contributed by atoms with Gasteiger partial charge in [0.1, 0.15) is 11.6 Å². The minimum absolute atomic E-state index is 0.0424. The van der Waals surface area contributed by atoms with Crippen molar-refractivity contribution in [1.29, 1.82) is 0 Å². The van der Waals surface area contributed by atoms with Crippen LogP contribution in [0.25, 0.3) is 0 Å². The van der Waals surface area contributed by atoms with Crippen LogP contribution in [0.3, 0.4) is 0 Å². The van der Waals surface area contributed by atoms with Crippen LogP contribution in [0.4, 0.5) is 4.39 Å². The number of benzene rings is 2. The molecule has 0 aliphatic heterocycles. The van der Waals surface area contributed by atoms with Crippen molar-refractivity contribution in [1.82, 2.24) is 15.5 Å². The molecule has 0 bridgehead atoms. The maximum Gasteiger partial charge on any atom is 0.191 e. The van der Waals surface area contributed by atoms with Gasteiger partial charge in [0.25, 0.3) is 0 Å². The summed E-state index contributed by atoms with van der Waals surface area (Å²) in [6.07, 6.45) is 0.881. The average Bonchev–Trinajstić information content (AvgIpc) is 2.67. The highest BCUT2D eigenvalue weighted by Crippen LogP contribution is 2.18. The molecule has 2 rings (SSSR count). The Hall–Kier alpha value is -2.60. The molecule has 1 unspecified atom stereocenters. The molecule has 2 aromatic rings. The highest BCUT2D eigenvalue weighted by atomic mass is 19.1. The van der Waals surface area contributed by atoms with Gasteiger partial charge in [-0.25, -0.2) is 4.39 Å². The van der Waals surface area contributed by atoms with E-state index in [9.17, 15) is 4.39 Å². The molecule has 0 saturated heterocycles. The van der Waals surface area contributed by atoms with Crippen molar-refractivity contribution in [2.24, 2.45) is 4.99 Å². The smallest absolute Gasteiger partial charge is 0.191 e. The molecule has 2 aromatic carbocycles. The molecule has 0 aliphatic rings. The van der Waals surface area contributed by atoms with Gasteiger partial charge in [-0.1, -0.05) is 24.3 Å². The Bertz CT molecular complexity index is 731. The highest BCUT2D eigenvalue weighted by molar-refractivity contribution is 5.79. The summed E-state index contributed by atoms with van der Waals surface area (Å²) in [5.74, 6) is 1.37. The summed E-state index contributed by atoms with van der Waals surface area (Å²) in [7, 11) is 7.38. The lowest BCUT2D eigenvalue weighted by Crippen LogP contribution is -2.42. The van der Waals surface area contributed by atoms with Crippen LogP contribution in [-0.2, 0) is 6.42 Å². The van der Waals surface area contributed by atoms with E-state index in [0.29, 0.717) is 6.54 Å². The van der Waals surface area contributed by atoms with Gasteiger partial charge >= 0.3 is 0 Å². The quantitative estimate of drug-likeness (QED) is 0.553. The maximum absolute atomic E-state index is 13.5. The van der Waals surface area contributed by atoms with Crippen molar-refractivity contribution in [2.45, 2.75) is 12.5 Å². The third kappa shape index (κ3) is 6.57. The molecule has 0 radical (unpaired) electrons. The van der Waals surface area contributed by atoms with Crippen LogP contribution in [0.2, 0.25) is 0 Å². The number of halogens is 1. The third-order valence-corrected chi connectivity index (χ3v) is 4.41. The first-order chi connectivity index (χ1) is 13.0. The van der Waals surface area contributed by atoms with E-state index in [1.807, 2.05) is 32.3 Å². The van der Waals surface area contributed by atoms with Gasteiger partial charge in [0.15, 0.2) is 5.96 Å². The summed E-state index contributed by atoms with van der Waals surface area (Å²) < 4.78 is 18.7. The first-order valence-electron chi connectivity index (χ1n) is 9.03. The molecule has 5 nitrogen and oxygen atoms in total. The fourth-order valence-electron chi connectivity index (χ4n) is 2.84. The predicted octanol–water partition coefficient (Wildman–Crippen LogP) is 2.84.